The van der Waals surface area contributed by atoms with Crippen LogP contribution in [0, 0.1) is 16.7 Å². The highest BCUT2D eigenvalue weighted by atomic mass is 16.1. The van der Waals surface area contributed by atoms with Crippen LogP contribution in [0.2, 0.25) is 0 Å². The third kappa shape index (κ3) is 3.10. The van der Waals surface area contributed by atoms with Crippen molar-refractivity contribution in [3.05, 3.63) is 0 Å². The van der Waals surface area contributed by atoms with Gasteiger partial charge in [0.2, 0.25) is 0 Å². The lowest BCUT2D eigenvalue weighted by atomic mass is 9.67. The van der Waals surface area contributed by atoms with Crippen LogP contribution in [0.1, 0.15) is 71.6 Å². The Morgan fingerprint density at radius 3 is 2.25 bits per heavy atom. The summed E-state index contributed by atoms with van der Waals surface area (Å²) in [5.74, 6) is 0.920. The number of carbonyl (C=O) groups is 1. The van der Waals surface area contributed by atoms with E-state index in [1.165, 1.54) is 57.8 Å². The van der Waals surface area contributed by atoms with E-state index in [2.05, 4.69) is 18.7 Å². The van der Waals surface area contributed by atoms with Gasteiger partial charge < -0.3 is 0 Å². The zero-order chi connectivity index (χ0) is 14.2. The van der Waals surface area contributed by atoms with Crippen LogP contribution in [0.15, 0.2) is 0 Å². The molecule has 3 fully saturated rings. The Balaban J connectivity index is 1.49. The van der Waals surface area contributed by atoms with Crippen molar-refractivity contribution in [1.29, 1.82) is 0 Å². The molecular weight excluding hydrogens is 246 g/mol. The van der Waals surface area contributed by atoms with E-state index in [9.17, 15) is 4.79 Å². The molecule has 0 atom stereocenters. The van der Waals surface area contributed by atoms with Crippen LogP contribution in [0.25, 0.3) is 0 Å². The van der Waals surface area contributed by atoms with Crippen LogP contribution in [0.3, 0.4) is 0 Å². The third-order valence-electron chi connectivity index (χ3n) is 6.27. The number of carbonyl (C=O) groups excluding carboxylic acids is 1. The maximum Gasteiger partial charge on any atom is 0.149 e. The fraction of sp³-hybridized carbons (Fsp3) is 0.944. The van der Waals surface area contributed by atoms with Crippen LogP contribution in [-0.2, 0) is 4.79 Å². The Bertz CT molecular complexity index is 360. The average molecular weight is 277 g/mol. The van der Waals surface area contributed by atoms with Crippen molar-refractivity contribution in [2.75, 3.05) is 19.6 Å². The molecule has 0 bridgehead atoms. The molecule has 2 aliphatic carbocycles. The fourth-order valence-corrected chi connectivity index (χ4v) is 5.06. The molecule has 1 heterocycles. The van der Waals surface area contributed by atoms with Gasteiger partial charge in [-0.1, -0.05) is 13.8 Å². The number of Topliss-reactive ketones (excluding diaryl/α,β-unsaturated/α-hetero) is 1. The number of likely N-dealkylation sites (tertiary alicyclic amines) is 1. The summed E-state index contributed by atoms with van der Waals surface area (Å²) >= 11 is 0. The summed E-state index contributed by atoms with van der Waals surface area (Å²) in [5.41, 5.74) is 1.15. The summed E-state index contributed by atoms with van der Waals surface area (Å²) in [7, 11) is 0. The molecule has 0 amide bonds. The van der Waals surface area contributed by atoms with Gasteiger partial charge in [-0.3, -0.25) is 9.69 Å². The Hall–Kier alpha value is -0.370. The van der Waals surface area contributed by atoms with E-state index < -0.39 is 0 Å². The van der Waals surface area contributed by atoms with Gasteiger partial charge in [-0.2, -0.15) is 0 Å². The summed E-state index contributed by atoms with van der Waals surface area (Å²) in [4.78, 5) is 14.8. The molecule has 0 N–H and O–H groups in total. The predicted molar refractivity (Wildman–Crippen MR) is 82.7 cm³/mol. The van der Waals surface area contributed by atoms with Gasteiger partial charge in [0.25, 0.3) is 0 Å². The molecule has 1 saturated heterocycles. The van der Waals surface area contributed by atoms with E-state index in [1.807, 2.05) is 0 Å². The molecule has 3 rings (SSSR count). The first-order chi connectivity index (χ1) is 9.48. The molecule has 20 heavy (non-hydrogen) atoms. The number of hydrogen-bond donors (Lipinski definition) is 0. The third-order valence-corrected chi connectivity index (χ3v) is 6.27. The second-order valence-electron chi connectivity index (χ2n) is 8.56. The van der Waals surface area contributed by atoms with Gasteiger partial charge in [-0.05, 0) is 81.7 Å². The first-order valence-corrected chi connectivity index (χ1v) is 8.73. The van der Waals surface area contributed by atoms with E-state index >= 15 is 0 Å². The monoisotopic (exact) mass is 277 g/mol. The molecule has 2 heteroatoms. The van der Waals surface area contributed by atoms with Gasteiger partial charge in [0.15, 0.2) is 0 Å². The standard InChI is InChI=1S/C18H31NO/c1-17(2)9-10-18(14-17)7-5-15(6-8-18)16(20)13-19-11-3-4-12-19/h15H,3-14H2,1-2H3. The quantitative estimate of drug-likeness (QED) is 0.776. The van der Waals surface area contributed by atoms with Crippen LogP contribution >= 0.6 is 0 Å². The zero-order valence-corrected chi connectivity index (χ0v) is 13.4. The summed E-state index contributed by atoms with van der Waals surface area (Å²) in [6.07, 6.45) is 11.7. The van der Waals surface area contributed by atoms with Gasteiger partial charge >= 0.3 is 0 Å². The lowest BCUT2D eigenvalue weighted by molar-refractivity contribution is -0.125. The normalized spacial score (nSPS) is 37.6. The van der Waals surface area contributed by atoms with E-state index in [-0.39, 0.29) is 0 Å². The molecule has 0 aromatic heterocycles. The molecule has 0 radical (unpaired) electrons. The lowest BCUT2D eigenvalue weighted by Crippen LogP contribution is -2.35. The molecule has 2 saturated carbocycles. The zero-order valence-electron chi connectivity index (χ0n) is 13.4. The smallest absolute Gasteiger partial charge is 0.149 e. The first kappa shape index (κ1) is 14.6. The van der Waals surface area contributed by atoms with Gasteiger partial charge in [0.05, 0.1) is 6.54 Å². The molecular formula is C18H31NO. The van der Waals surface area contributed by atoms with E-state index in [4.69, 9.17) is 0 Å². The van der Waals surface area contributed by atoms with Crippen molar-refractivity contribution in [2.45, 2.75) is 71.6 Å². The molecule has 1 aliphatic heterocycles. The second kappa shape index (κ2) is 5.44. The highest BCUT2D eigenvalue weighted by molar-refractivity contribution is 5.83. The minimum Gasteiger partial charge on any atom is -0.298 e. The summed E-state index contributed by atoms with van der Waals surface area (Å²) in [6.45, 7) is 7.88. The highest BCUT2D eigenvalue weighted by Crippen LogP contribution is 2.56. The van der Waals surface area contributed by atoms with Crippen LogP contribution in [0.4, 0.5) is 0 Å². The van der Waals surface area contributed by atoms with Crippen molar-refractivity contribution in [2.24, 2.45) is 16.7 Å². The van der Waals surface area contributed by atoms with Gasteiger partial charge in [0.1, 0.15) is 5.78 Å². The fourth-order valence-electron chi connectivity index (χ4n) is 5.06. The Morgan fingerprint density at radius 1 is 1.05 bits per heavy atom. The van der Waals surface area contributed by atoms with E-state index in [0.29, 0.717) is 22.5 Å². The molecule has 0 aromatic carbocycles. The van der Waals surface area contributed by atoms with Crippen molar-refractivity contribution in [1.82, 2.24) is 4.90 Å². The van der Waals surface area contributed by atoms with Crippen LogP contribution in [0.5, 0.6) is 0 Å². The molecule has 1 spiro atoms. The maximum atomic E-state index is 12.4. The maximum absolute atomic E-state index is 12.4. The molecule has 114 valence electrons. The Kier molecular flexibility index (Phi) is 3.96. The average Bonchev–Trinajstić information content (AvgIpc) is 2.99. The minimum absolute atomic E-state index is 0.380. The number of hydrogen-bond acceptors (Lipinski definition) is 2. The molecule has 2 nitrogen and oxygen atoms in total. The summed E-state index contributed by atoms with van der Waals surface area (Å²) in [6, 6.07) is 0. The molecule has 3 aliphatic rings. The Labute approximate surface area is 124 Å². The minimum atomic E-state index is 0.380. The van der Waals surface area contributed by atoms with Crippen molar-refractivity contribution in [3.63, 3.8) is 0 Å². The number of nitrogens with zero attached hydrogens (tertiary/aromatic N) is 1. The van der Waals surface area contributed by atoms with Crippen LogP contribution < -0.4 is 0 Å². The van der Waals surface area contributed by atoms with Gasteiger partial charge in [-0.25, -0.2) is 0 Å². The number of rotatable bonds is 3. The van der Waals surface area contributed by atoms with E-state index in [1.54, 1.807) is 0 Å². The first-order valence-electron chi connectivity index (χ1n) is 8.73. The SMILES string of the molecule is CC1(C)CCC2(CCC(C(=O)CN3CCCC3)CC2)C1. The van der Waals surface area contributed by atoms with E-state index in [0.717, 1.165) is 19.6 Å². The van der Waals surface area contributed by atoms with Gasteiger partial charge in [0, 0.05) is 5.92 Å². The molecule has 0 unspecified atom stereocenters. The molecule has 0 aromatic rings. The summed E-state index contributed by atoms with van der Waals surface area (Å²) < 4.78 is 0. The lowest BCUT2D eigenvalue weighted by Gasteiger charge is -2.38. The Morgan fingerprint density at radius 2 is 1.70 bits per heavy atom. The topological polar surface area (TPSA) is 20.3 Å². The highest BCUT2D eigenvalue weighted by Gasteiger charge is 2.45. The van der Waals surface area contributed by atoms with Crippen molar-refractivity contribution < 1.29 is 4.79 Å². The van der Waals surface area contributed by atoms with Gasteiger partial charge in [-0.15, -0.1) is 0 Å². The van der Waals surface area contributed by atoms with Crippen molar-refractivity contribution in [3.8, 4) is 0 Å². The predicted octanol–water partition coefficient (Wildman–Crippen LogP) is 4.04. The van der Waals surface area contributed by atoms with Crippen LogP contribution in [-0.4, -0.2) is 30.3 Å². The van der Waals surface area contributed by atoms with Crippen molar-refractivity contribution >= 4 is 5.78 Å². The number of ketones is 1. The summed E-state index contributed by atoms with van der Waals surface area (Å²) in [5, 5.41) is 0. The largest absolute Gasteiger partial charge is 0.298 e. The second-order valence-corrected chi connectivity index (χ2v) is 8.56.